The Morgan fingerprint density at radius 1 is 1.50 bits per heavy atom. The maximum atomic E-state index is 12.1. The molecule has 0 saturated carbocycles. The molecule has 1 rings (SSSR count). The van der Waals surface area contributed by atoms with Crippen LogP contribution < -0.4 is 0 Å². The molecule has 1 heterocycles. The average Bonchev–Trinajstić information content (AvgIpc) is 2.37. The number of amides is 1. The summed E-state index contributed by atoms with van der Waals surface area (Å²) in [6, 6.07) is 1.86. The predicted molar refractivity (Wildman–Crippen MR) is 70.0 cm³/mol. The van der Waals surface area contributed by atoms with E-state index in [1.165, 1.54) is 0 Å². The number of nitrogens with zero attached hydrogens (tertiary/aromatic N) is 2. The maximum absolute atomic E-state index is 12.1. The van der Waals surface area contributed by atoms with Crippen molar-refractivity contribution < 1.29 is 9.90 Å². The van der Waals surface area contributed by atoms with Gasteiger partial charge in [-0.15, -0.1) is 0 Å². The van der Waals surface area contributed by atoms with E-state index in [-0.39, 0.29) is 18.6 Å². The molecule has 1 amide bonds. The first kappa shape index (κ1) is 14.2. The number of carbonyl (C=O) groups excluding carboxylic acids is 1. The number of pyridine rings is 1. The fourth-order valence-electron chi connectivity index (χ4n) is 1.28. The lowest BCUT2D eigenvalue weighted by molar-refractivity contribution is 0.0754. The van der Waals surface area contributed by atoms with E-state index in [2.05, 4.69) is 16.8 Å². The normalized spacial score (nSPS) is 9.83. The minimum atomic E-state index is -0.0664. The molecule has 0 aromatic carbocycles. The van der Waals surface area contributed by atoms with Crippen molar-refractivity contribution in [1.82, 2.24) is 9.88 Å². The molecule has 18 heavy (non-hydrogen) atoms. The zero-order chi connectivity index (χ0) is 13.5. The lowest BCUT2D eigenvalue weighted by Gasteiger charge is -2.21. The van der Waals surface area contributed by atoms with E-state index in [0.29, 0.717) is 17.5 Å². The first-order valence-electron chi connectivity index (χ1n) is 5.88. The summed E-state index contributed by atoms with van der Waals surface area (Å²) in [6.45, 7) is 3.95. The monoisotopic (exact) mass is 246 g/mol. The Balaban J connectivity index is 2.89. The van der Waals surface area contributed by atoms with Gasteiger partial charge in [0.15, 0.2) is 0 Å². The Labute approximate surface area is 108 Å². The number of carbonyl (C=O) groups is 1. The summed E-state index contributed by atoms with van der Waals surface area (Å²) >= 11 is 0. The van der Waals surface area contributed by atoms with Crippen molar-refractivity contribution in [3.8, 4) is 11.8 Å². The van der Waals surface area contributed by atoms with E-state index in [1.807, 2.05) is 13.8 Å². The molecular formula is C14H18N2O2. The van der Waals surface area contributed by atoms with Crippen LogP contribution in [0.3, 0.4) is 0 Å². The molecule has 96 valence electrons. The van der Waals surface area contributed by atoms with Crippen LogP contribution in [0.15, 0.2) is 18.5 Å². The molecule has 0 unspecified atom stereocenters. The van der Waals surface area contributed by atoms with E-state index in [9.17, 15) is 4.79 Å². The Morgan fingerprint density at radius 3 is 2.83 bits per heavy atom. The van der Waals surface area contributed by atoms with E-state index >= 15 is 0 Å². The third-order valence-electron chi connectivity index (χ3n) is 2.55. The highest BCUT2D eigenvalue weighted by atomic mass is 16.2. The van der Waals surface area contributed by atoms with Crippen molar-refractivity contribution >= 4 is 5.91 Å². The van der Waals surface area contributed by atoms with Crippen molar-refractivity contribution in [1.29, 1.82) is 0 Å². The lowest BCUT2D eigenvalue weighted by Crippen LogP contribution is -2.33. The molecule has 1 aromatic heterocycles. The molecule has 0 atom stereocenters. The van der Waals surface area contributed by atoms with E-state index in [0.717, 1.165) is 0 Å². The summed E-state index contributed by atoms with van der Waals surface area (Å²) in [5, 5.41) is 8.64. The minimum absolute atomic E-state index is 0.0368. The summed E-state index contributed by atoms with van der Waals surface area (Å²) in [5.41, 5.74) is 1.22. The van der Waals surface area contributed by atoms with Crippen LogP contribution in [0.2, 0.25) is 0 Å². The Bertz CT molecular complexity index is 472. The SMILES string of the molecule is CC(C)N(C)C(=O)c1cncc(C#CCCO)c1. The summed E-state index contributed by atoms with van der Waals surface area (Å²) in [5.74, 6) is 5.60. The molecule has 4 heteroatoms. The maximum Gasteiger partial charge on any atom is 0.255 e. The largest absolute Gasteiger partial charge is 0.395 e. The first-order valence-corrected chi connectivity index (χ1v) is 5.88. The molecule has 0 radical (unpaired) electrons. The molecule has 1 aromatic rings. The van der Waals surface area contributed by atoms with Gasteiger partial charge in [0.2, 0.25) is 0 Å². The number of aliphatic hydroxyl groups is 1. The van der Waals surface area contributed by atoms with Crippen LogP contribution in [0.1, 0.15) is 36.2 Å². The highest BCUT2D eigenvalue weighted by Crippen LogP contribution is 2.07. The molecule has 0 saturated heterocycles. The second kappa shape index (κ2) is 6.77. The van der Waals surface area contributed by atoms with Crippen molar-refractivity contribution in [2.45, 2.75) is 26.3 Å². The first-order chi connectivity index (χ1) is 8.56. The second-order valence-electron chi connectivity index (χ2n) is 4.25. The van der Waals surface area contributed by atoms with Crippen LogP contribution in [-0.4, -0.2) is 40.6 Å². The van der Waals surface area contributed by atoms with Gasteiger partial charge in [-0.2, -0.15) is 0 Å². The van der Waals surface area contributed by atoms with Gasteiger partial charge in [-0.1, -0.05) is 11.8 Å². The molecule has 0 aliphatic carbocycles. The molecule has 0 fully saturated rings. The van der Waals surface area contributed by atoms with Crippen molar-refractivity contribution in [3.63, 3.8) is 0 Å². The minimum Gasteiger partial charge on any atom is -0.395 e. The molecule has 0 aliphatic rings. The summed E-state index contributed by atoms with van der Waals surface area (Å²) in [7, 11) is 1.76. The fraction of sp³-hybridized carbons (Fsp3) is 0.429. The van der Waals surface area contributed by atoms with E-state index in [1.54, 1.807) is 30.4 Å². The van der Waals surface area contributed by atoms with Gasteiger partial charge in [-0.3, -0.25) is 9.78 Å². The standard InChI is InChI=1S/C14H18N2O2/c1-11(2)16(3)14(18)13-8-12(9-15-10-13)6-4-5-7-17/h8-11,17H,5,7H2,1-3H3. The van der Waals surface area contributed by atoms with Crippen molar-refractivity contribution in [2.24, 2.45) is 0 Å². The topological polar surface area (TPSA) is 53.4 Å². The second-order valence-corrected chi connectivity index (χ2v) is 4.25. The van der Waals surface area contributed by atoms with E-state index < -0.39 is 0 Å². The van der Waals surface area contributed by atoms with Crippen LogP contribution in [0, 0.1) is 11.8 Å². The quantitative estimate of drug-likeness (QED) is 0.818. The van der Waals surface area contributed by atoms with Gasteiger partial charge in [0.1, 0.15) is 0 Å². The van der Waals surface area contributed by atoms with Crippen LogP contribution in [0.4, 0.5) is 0 Å². The zero-order valence-electron chi connectivity index (χ0n) is 11.0. The van der Waals surface area contributed by atoms with E-state index in [4.69, 9.17) is 5.11 Å². The predicted octanol–water partition coefficient (Wildman–Crippen LogP) is 1.30. The number of aromatic nitrogens is 1. The van der Waals surface area contributed by atoms with Crippen molar-refractivity contribution in [3.05, 3.63) is 29.6 Å². The number of hydrogen-bond acceptors (Lipinski definition) is 3. The summed E-state index contributed by atoms with van der Waals surface area (Å²) in [6.07, 6.45) is 3.57. The van der Waals surface area contributed by atoms with Crippen LogP contribution >= 0.6 is 0 Å². The molecule has 0 aliphatic heterocycles. The van der Waals surface area contributed by atoms with Gasteiger partial charge >= 0.3 is 0 Å². The molecule has 1 N–H and O–H groups in total. The van der Waals surface area contributed by atoms with Gasteiger partial charge in [0.05, 0.1) is 12.2 Å². The van der Waals surface area contributed by atoms with Crippen LogP contribution in [0.5, 0.6) is 0 Å². The van der Waals surface area contributed by atoms with Crippen LogP contribution in [0.25, 0.3) is 0 Å². The number of rotatable bonds is 3. The molecule has 0 bridgehead atoms. The lowest BCUT2D eigenvalue weighted by atomic mass is 10.1. The van der Waals surface area contributed by atoms with Gasteiger partial charge in [-0.25, -0.2) is 0 Å². The number of hydrogen-bond donors (Lipinski definition) is 1. The van der Waals surface area contributed by atoms with Gasteiger partial charge in [0, 0.05) is 37.5 Å². The highest BCUT2D eigenvalue weighted by Gasteiger charge is 2.14. The molecule has 0 spiro atoms. The van der Waals surface area contributed by atoms with Gasteiger partial charge in [0.25, 0.3) is 5.91 Å². The van der Waals surface area contributed by atoms with Gasteiger partial charge < -0.3 is 10.0 Å². The molecular weight excluding hydrogens is 228 g/mol. The third-order valence-corrected chi connectivity index (χ3v) is 2.55. The summed E-state index contributed by atoms with van der Waals surface area (Å²) < 4.78 is 0. The third kappa shape index (κ3) is 3.86. The Hall–Kier alpha value is -1.86. The Morgan fingerprint density at radius 2 is 2.22 bits per heavy atom. The van der Waals surface area contributed by atoms with Crippen LogP contribution in [-0.2, 0) is 0 Å². The smallest absolute Gasteiger partial charge is 0.255 e. The average molecular weight is 246 g/mol. The fourth-order valence-corrected chi connectivity index (χ4v) is 1.28. The zero-order valence-corrected chi connectivity index (χ0v) is 11.0. The highest BCUT2D eigenvalue weighted by molar-refractivity contribution is 5.94. The van der Waals surface area contributed by atoms with Gasteiger partial charge in [-0.05, 0) is 19.9 Å². The summed E-state index contributed by atoms with van der Waals surface area (Å²) in [4.78, 5) is 17.7. The Kier molecular flexibility index (Phi) is 5.34. The number of aliphatic hydroxyl groups excluding tert-OH is 1. The van der Waals surface area contributed by atoms with Crippen molar-refractivity contribution in [2.75, 3.05) is 13.7 Å². The molecule has 4 nitrogen and oxygen atoms in total.